The maximum absolute atomic E-state index is 15.8. The highest BCUT2D eigenvalue weighted by Crippen LogP contribution is 2.41. The van der Waals surface area contributed by atoms with Crippen molar-refractivity contribution >= 4 is 11.9 Å². The number of nitrogens with one attached hydrogen (secondary N) is 1. The number of aromatic amines is 1. The average Bonchev–Trinajstić information content (AvgIpc) is 3.56. The van der Waals surface area contributed by atoms with Crippen LogP contribution in [0.4, 0.5) is 15.0 Å². The third-order valence-corrected chi connectivity index (χ3v) is 7.32. The van der Waals surface area contributed by atoms with E-state index in [2.05, 4.69) is 20.2 Å². The van der Waals surface area contributed by atoms with E-state index in [1.807, 2.05) is 57.1 Å². The van der Waals surface area contributed by atoms with Gasteiger partial charge in [-0.1, -0.05) is 6.07 Å². The number of hydrogen-bond acceptors (Lipinski definition) is 8. The molecule has 2 bridgehead atoms. The number of benzene rings is 1. The summed E-state index contributed by atoms with van der Waals surface area (Å²) in [4.78, 5) is 25.5. The predicted octanol–water partition coefficient (Wildman–Crippen LogP) is 4.83. The van der Waals surface area contributed by atoms with Gasteiger partial charge in [0.2, 0.25) is 0 Å². The molecule has 11 heteroatoms. The SMILES string of the molecule is COCOc1cc(-c2cn[nH]c2)ccc1-c1cnc(N(C)[C@@H]2C[C@H]3CC[C@@H]([C@@H]2F)N3C(=O)OC(C)(C)C)cn1. The van der Waals surface area contributed by atoms with E-state index < -0.39 is 29.9 Å². The molecule has 5 rings (SSSR count). The summed E-state index contributed by atoms with van der Waals surface area (Å²) in [5.74, 6) is 1.16. The minimum atomic E-state index is -1.23. The van der Waals surface area contributed by atoms with E-state index in [0.717, 1.165) is 23.1 Å². The summed E-state index contributed by atoms with van der Waals surface area (Å²) in [6.45, 7) is 5.55. The summed E-state index contributed by atoms with van der Waals surface area (Å²) < 4.78 is 32.3. The molecule has 39 heavy (non-hydrogen) atoms. The van der Waals surface area contributed by atoms with E-state index in [0.29, 0.717) is 30.1 Å². The van der Waals surface area contributed by atoms with Gasteiger partial charge in [0.05, 0.1) is 36.4 Å². The second-order valence-corrected chi connectivity index (χ2v) is 11.1. The second kappa shape index (κ2) is 10.8. The maximum Gasteiger partial charge on any atom is 0.410 e. The van der Waals surface area contributed by atoms with Gasteiger partial charge in [0.25, 0.3) is 0 Å². The maximum atomic E-state index is 15.8. The number of H-pyrrole nitrogens is 1. The quantitative estimate of drug-likeness (QED) is 0.427. The van der Waals surface area contributed by atoms with Gasteiger partial charge in [-0.05, 0) is 57.7 Å². The van der Waals surface area contributed by atoms with E-state index in [1.54, 1.807) is 30.6 Å². The lowest BCUT2D eigenvalue weighted by Gasteiger charge is -2.44. The van der Waals surface area contributed by atoms with Crippen LogP contribution in [0.2, 0.25) is 0 Å². The first-order valence-corrected chi connectivity index (χ1v) is 13.1. The van der Waals surface area contributed by atoms with Gasteiger partial charge in [0.1, 0.15) is 23.3 Å². The number of halogens is 1. The summed E-state index contributed by atoms with van der Waals surface area (Å²) in [5, 5.41) is 6.83. The Balaban J connectivity index is 1.33. The molecule has 1 N–H and O–H groups in total. The number of fused-ring (bicyclic) bond motifs is 2. The lowest BCUT2D eigenvalue weighted by Crippen LogP contribution is -2.59. The molecule has 2 fully saturated rings. The number of anilines is 1. The Kier molecular flexibility index (Phi) is 7.44. The molecule has 4 atom stereocenters. The summed E-state index contributed by atoms with van der Waals surface area (Å²) in [6, 6.07) is 4.80. The number of methoxy groups -OCH3 is 1. The number of ether oxygens (including phenoxy) is 3. The number of nitrogens with zero attached hydrogens (tertiary/aromatic N) is 5. The summed E-state index contributed by atoms with van der Waals surface area (Å²) in [5.41, 5.74) is 2.62. The normalized spacial score (nSPS) is 22.6. The van der Waals surface area contributed by atoms with E-state index in [-0.39, 0.29) is 12.8 Å². The minimum absolute atomic E-state index is 0.0641. The fourth-order valence-electron chi connectivity index (χ4n) is 5.47. The van der Waals surface area contributed by atoms with Crippen molar-refractivity contribution in [2.45, 2.75) is 69.9 Å². The molecule has 1 aromatic carbocycles. The highest BCUT2D eigenvalue weighted by molar-refractivity contribution is 5.74. The Labute approximate surface area is 227 Å². The first-order valence-electron chi connectivity index (χ1n) is 13.1. The number of hydrogen-bond donors (Lipinski definition) is 1. The van der Waals surface area contributed by atoms with Gasteiger partial charge in [-0.3, -0.25) is 15.0 Å². The van der Waals surface area contributed by atoms with Crippen LogP contribution in [0.5, 0.6) is 5.75 Å². The molecule has 4 heterocycles. The third-order valence-electron chi connectivity index (χ3n) is 7.32. The number of carbonyl (C=O) groups is 1. The lowest BCUT2D eigenvalue weighted by atomic mass is 9.94. The molecule has 0 aliphatic carbocycles. The monoisotopic (exact) mass is 538 g/mol. The van der Waals surface area contributed by atoms with Crippen LogP contribution >= 0.6 is 0 Å². The fourth-order valence-corrected chi connectivity index (χ4v) is 5.47. The molecule has 2 saturated heterocycles. The highest BCUT2D eigenvalue weighted by atomic mass is 19.1. The minimum Gasteiger partial charge on any atom is -0.467 e. The van der Waals surface area contributed by atoms with Gasteiger partial charge >= 0.3 is 6.09 Å². The van der Waals surface area contributed by atoms with Crippen molar-refractivity contribution in [2.75, 3.05) is 25.9 Å². The van der Waals surface area contributed by atoms with Crippen LogP contribution < -0.4 is 9.64 Å². The van der Waals surface area contributed by atoms with Crippen molar-refractivity contribution in [3.8, 4) is 28.1 Å². The molecule has 2 aliphatic heterocycles. The van der Waals surface area contributed by atoms with Crippen molar-refractivity contribution < 1.29 is 23.4 Å². The van der Waals surface area contributed by atoms with E-state index in [4.69, 9.17) is 14.2 Å². The highest BCUT2D eigenvalue weighted by Gasteiger charge is 2.52. The van der Waals surface area contributed by atoms with Crippen LogP contribution in [0.15, 0.2) is 43.0 Å². The zero-order valence-electron chi connectivity index (χ0n) is 22.9. The zero-order chi connectivity index (χ0) is 27.7. The molecule has 0 unspecified atom stereocenters. The first kappa shape index (κ1) is 26.9. The van der Waals surface area contributed by atoms with Crippen LogP contribution in [-0.4, -0.2) is 82.0 Å². The van der Waals surface area contributed by atoms with Gasteiger partial charge < -0.3 is 19.1 Å². The Morgan fingerprint density at radius 2 is 2.00 bits per heavy atom. The van der Waals surface area contributed by atoms with E-state index >= 15 is 4.39 Å². The molecule has 2 aliphatic rings. The Morgan fingerprint density at radius 3 is 2.67 bits per heavy atom. The number of carbonyl (C=O) groups excluding carboxylic acids is 1. The number of rotatable bonds is 7. The van der Waals surface area contributed by atoms with Gasteiger partial charge in [0.15, 0.2) is 6.79 Å². The van der Waals surface area contributed by atoms with Crippen LogP contribution in [0.25, 0.3) is 22.4 Å². The summed E-state index contributed by atoms with van der Waals surface area (Å²) in [7, 11) is 3.39. The molecule has 208 valence electrons. The molecule has 3 aromatic rings. The van der Waals surface area contributed by atoms with Crippen molar-refractivity contribution in [3.05, 3.63) is 43.0 Å². The molecular weight excluding hydrogens is 503 g/mol. The molecule has 0 radical (unpaired) electrons. The number of aromatic nitrogens is 4. The Hall–Kier alpha value is -3.73. The van der Waals surface area contributed by atoms with Crippen LogP contribution in [0.3, 0.4) is 0 Å². The summed E-state index contributed by atoms with van der Waals surface area (Å²) >= 11 is 0. The van der Waals surface area contributed by atoms with Gasteiger partial charge in [-0.2, -0.15) is 5.10 Å². The number of piperidine rings is 1. The molecule has 10 nitrogen and oxygen atoms in total. The smallest absolute Gasteiger partial charge is 0.410 e. The lowest BCUT2D eigenvalue weighted by molar-refractivity contribution is -0.0104. The van der Waals surface area contributed by atoms with Crippen LogP contribution in [0.1, 0.15) is 40.0 Å². The molecule has 1 amide bonds. The number of amides is 1. The first-order chi connectivity index (χ1) is 18.7. The Bertz CT molecular complexity index is 1280. The van der Waals surface area contributed by atoms with Crippen molar-refractivity contribution in [1.29, 1.82) is 0 Å². The zero-order valence-corrected chi connectivity index (χ0v) is 22.9. The fraction of sp³-hybridized carbons (Fsp3) is 0.500. The van der Waals surface area contributed by atoms with Crippen molar-refractivity contribution in [3.63, 3.8) is 0 Å². The van der Waals surface area contributed by atoms with Gasteiger partial charge in [-0.25, -0.2) is 14.2 Å². The molecule has 0 saturated carbocycles. The largest absolute Gasteiger partial charge is 0.467 e. The van der Waals surface area contributed by atoms with E-state index in [9.17, 15) is 4.79 Å². The van der Waals surface area contributed by atoms with Gasteiger partial charge in [-0.15, -0.1) is 0 Å². The standard InChI is InChI=1S/C28H35FN6O4/c1-28(2,3)39-27(36)35-19-7-9-22(35)26(29)23(11-19)34(4)25-15-30-21(14-31-25)20-8-6-17(18-12-32-33-13-18)10-24(20)38-16-37-5/h6,8,10,12-15,19,22-23,26H,7,9,11,16H2,1-5H3,(H,32,33)/t19-,22+,23-,26+/m1/s1. The summed E-state index contributed by atoms with van der Waals surface area (Å²) in [6.07, 6.45) is 7.08. The molecule has 0 spiro atoms. The second-order valence-electron chi connectivity index (χ2n) is 11.1. The van der Waals surface area contributed by atoms with Crippen molar-refractivity contribution in [1.82, 2.24) is 25.1 Å². The van der Waals surface area contributed by atoms with Crippen LogP contribution in [-0.2, 0) is 9.47 Å². The average molecular weight is 539 g/mol. The Morgan fingerprint density at radius 1 is 1.18 bits per heavy atom. The number of alkyl halides is 1. The molecular formula is C28H35FN6O4. The third kappa shape index (κ3) is 5.54. The topological polar surface area (TPSA) is 106 Å². The van der Waals surface area contributed by atoms with E-state index in [1.165, 1.54) is 0 Å². The van der Waals surface area contributed by atoms with Gasteiger partial charge in [0, 0.05) is 37.5 Å². The predicted molar refractivity (Wildman–Crippen MR) is 144 cm³/mol. The van der Waals surface area contributed by atoms with Crippen LogP contribution in [0, 0.1) is 0 Å². The van der Waals surface area contributed by atoms with Crippen molar-refractivity contribution in [2.24, 2.45) is 0 Å². The molecule has 2 aromatic heterocycles.